The van der Waals surface area contributed by atoms with Crippen LogP contribution in [0.2, 0.25) is 5.02 Å². The fourth-order valence-corrected chi connectivity index (χ4v) is 4.54. The Morgan fingerprint density at radius 1 is 1.00 bits per heavy atom. The third-order valence-corrected chi connectivity index (χ3v) is 6.37. The van der Waals surface area contributed by atoms with E-state index in [4.69, 9.17) is 11.6 Å². The van der Waals surface area contributed by atoms with Crippen LogP contribution in [0.25, 0.3) is 10.9 Å². The van der Waals surface area contributed by atoms with Gasteiger partial charge in [0.2, 0.25) is 11.3 Å². The Kier molecular flexibility index (Phi) is 6.24. The molecule has 1 fully saturated rings. The van der Waals surface area contributed by atoms with Gasteiger partial charge in [0.1, 0.15) is 18.2 Å². The maximum Gasteiger partial charge on any atom is 0.257 e. The Labute approximate surface area is 209 Å². The van der Waals surface area contributed by atoms with Gasteiger partial charge in [0.25, 0.3) is 5.91 Å². The minimum atomic E-state index is -0.710. The second-order valence-corrected chi connectivity index (χ2v) is 8.77. The smallest absolute Gasteiger partial charge is 0.257 e. The standard InChI is InChI=1S/C26H19ClF2N4O3/c27-20-12-17(28)6-8-23(20)32-10-9-31(15-25(32)35)26(36)19-11-16(5-7-21(19)29)14-33-22-4-2-1-3-18(22)24(34)13-30-33/h1-8,11-13H,9-10,14-15H2. The van der Waals surface area contributed by atoms with E-state index in [2.05, 4.69) is 5.10 Å². The molecule has 1 aliphatic heterocycles. The van der Waals surface area contributed by atoms with Crippen LogP contribution in [0.5, 0.6) is 0 Å². The molecule has 0 bridgehead atoms. The lowest BCUT2D eigenvalue weighted by Gasteiger charge is -2.34. The second kappa shape index (κ2) is 9.50. The molecular weight excluding hydrogens is 490 g/mol. The van der Waals surface area contributed by atoms with E-state index in [1.807, 2.05) is 0 Å². The zero-order valence-electron chi connectivity index (χ0n) is 18.8. The van der Waals surface area contributed by atoms with Crippen molar-refractivity contribution in [2.24, 2.45) is 0 Å². The first-order chi connectivity index (χ1) is 17.3. The highest BCUT2D eigenvalue weighted by molar-refractivity contribution is 6.33. The number of rotatable bonds is 4. The Bertz CT molecular complexity index is 1570. The van der Waals surface area contributed by atoms with E-state index in [0.717, 1.165) is 6.07 Å². The van der Waals surface area contributed by atoms with Gasteiger partial charge in [-0.25, -0.2) is 8.78 Å². The van der Waals surface area contributed by atoms with Crippen LogP contribution in [0.1, 0.15) is 15.9 Å². The number of hydrogen-bond acceptors (Lipinski definition) is 4. The molecule has 5 rings (SSSR count). The summed E-state index contributed by atoms with van der Waals surface area (Å²) in [5.41, 5.74) is 1.19. The molecule has 0 saturated carbocycles. The van der Waals surface area contributed by atoms with Crippen molar-refractivity contribution in [1.82, 2.24) is 14.7 Å². The van der Waals surface area contributed by atoms with Gasteiger partial charge in [0.05, 0.1) is 34.5 Å². The third-order valence-electron chi connectivity index (χ3n) is 6.06. The van der Waals surface area contributed by atoms with Crippen LogP contribution >= 0.6 is 11.6 Å². The van der Waals surface area contributed by atoms with E-state index in [9.17, 15) is 23.2 Å². The monoisotopic (exact) mass is 508 g/mol. The van der Waals surface area contributed by atoms with Gasteiger partial charge in [-0.1, -0.05) is 29.8 Å². The summed E-state index contributed by atoms with van der Waals surface area (Å²) >= 11 is 6.08. The summed E-state index contributed by atoms with van der Waals surface area (Å²) in [6.45, 7) is 0.206. The van der Waals surface area contributed by atoms with E-state index in [-0.39, 0.29) is 42.2 Å². The maximum absolute atomic E-state index is 14.7. The molecule has 182 valence electrons. The van der Waals surface area contributed by atoms with Crippen molar-refractivity contribution in [3.63, 3.8) is 0 Å². The first kappa shape index (κ1) is 23.6. The van der Waals surface area contributed by atoms with Crippen LogP contribution < -0.4 is 10.3 Å². The molecule has 0 spiro atoms. The molecule has 10 heteroatoms. The quantitative estimate of drug-likeness (QED) is 0.419. The Hall–Kier alpha value is -4.11. The Morgan fingerprint density at radius 2 is 1.81 bits per heavy atom. The van der Waals surface area contributed by atoms with Gasteiger partial charge in [-0.15, -0.1) is 0 Å². The molecule has 0 unspecified atom stereocenters. The minimum Gasteiger partial charge on any atom is -0.327 e. The molecule has 0 N–H and O–H groups in total. The zero-order valence-corrected chi connectivity index (χ0v) is 19.6. The van der Waals surface area contributed by atoms with Gasteiger partial charge in [-0.05, 0) is 48.0 Å². The molecule has 1 aromatic heterocycles. The minimum absolute atomic E-state index is 0.0884. The van der Waals surface area contributed by atoms with Gasteiger partial charge < -0.3 is 9.80 Å². The number of halogens is 3. The largest absolute Gasteiger partial charge is 0.327 e. The predicted octanol–water partition coefficient (Wildman–Crippen LogP) is 3.87. The molecule has 1 aliphatic rings. The summed E-state index contributed by atoms with van der Waals surface area (Å²) in [6.07, 6.45) is 1.22. The van der Waals surface area contributed by atoms with E-state index < -0.39 is 23.4 Å². The number of benzene rings is 3. The zero-order chi connectivity index (χ0) is 25.4. The van der Waals surface area contributed by atoms with Gasteiger partial charge in [0.15, 0.2) is 0 Å². The van der Waals surface area contributed by atoms with Crippen molar-refractivity contribution in [1.29, 1.82) is 0 Å². The van der Waals surface area contributed by atoms with Crippen molar-refractivity contribution in [2.45, 2.75) is 6.54 Å². The maximum atomic E-state index is 14.7. The van der Waals surface area contributed by atoms with Crippen LogP contribution in [0.3, 0.4) is 0 Å². The average Bonchev–Trinajstić information content (AvgIpc) is 2.87. The number of carbonyl (C=O) groups is 2. The lowest BCUT2D eigenvalue weighted by Crippen LogP contribution is -2.52. The van der Waals surface area contributed by atoms with Gasteiger partial charge in [-0.2, -0.15) is 5.10 Å². The third kappa shape index (κ3) is 4.45. The Balaban J connectivity index is 1.37. The van der Waals surface area contributed by atoms with Crippen LogP contribution in [-0.4, -0.2) is 46.1 Å². The Morgan fingerprint density at radius 3 is 2.58 bits per heavy atom. The lowest BCUT2D eigenvalue weighted by atomic mass is 10.1. The fraction of sp³-hybridized carbons (Fsp3) is 0.154. The molecule has 0 atom stereocenters. The van der Waals surface area contributed by atoms with E-state index in [0.29, 0.717) is 22.2 Å². The number of fused-ring (bicyclic) bond motifs is 1. The van der Waals surface area contributed by atoms with Crippen molar-refractivity contribution in [3.05, 3.63) is 105 Å². The normalized spacial score (nSPS) is 13.9. The SMILES string of the molecule is O=C(c1cc(Cn2ncc(=O)c3ccccc32)ccc1F)N1CCN(c2ccc(F)cc2Cl)C(=O)C1. The molecular formula is C26H19ClF2N4O3. The van der Waals surface area contributed by atoms with Gasteiger partial charge in [0, 0.05) is 18.5 Å². The molecule has 3 aromatic carbocycles. The molecule has 4 aromatic rings. The number of para-hydroxylation sites is 1. The molecule has 0 radical (unpaired) electrons. The fourth-order valence-electron chi connectivity index (χ4n) is 4.27. The highest BCUT2D eigenvalue weighted by atomic mass is 35.5. The average molecular weight is 509 g/mol. The number of nitrogens with zero attached hydrogens (tertiary/aromatic N) is 4. The number of carbonyl (C=O) groups excluding carboxylic acids is 2. The van der Waals surface area contributed by atoms with Gasteiger partial charge in [-0.3, -0.25) is 19.1 Å². The number of anilines is 1. The molecule has 36 heavy (non-hydrogen) atoms. The first-order valence-electron chi connectivity index (χ1n) is 11.1. The number of hydrogen-bond donors (Lipinski definition) is 0. The highest BCUT2D eigenvalue weighted by Crippen LogP contribution is 2.28. The lowest BCUT2D eigenvalue weighted by molar-refractivity contribution is -0.120. The van der Waals surface area contributed by atoms with Crippen molar-refractivity contribution in [2.75, 3.05) is 24.5 Å². The van der Waals surface area contributed by atoms with Gasteiger partial charge >= 0.3 is 0 Å². The van der Waals surface area contributed by atoms with E-state index >= 15 is 0 Å². The molecule has 7 nitrogen and oxygen atoms in total. The summed E-state index contributed by atoms with van der Waals surface area (Å²) in [4.78, 5) is 40.7. The van der Waals surface area contributed by atoms with Crippen LogP contribution in [0.4, 0.5) is 14.5 Å². The summed E-state index contributed by atoms with van der Waals surface area (Å²) in [5, 5.41) is 4.77. The van der Waals surface area contributed by atoms with E-state index in [1.54, 1.807) is 35.0 Å². The molecule has 0 aliphatic carbocycles. The number of piperazine rings is 1. The van der Waals surface area contributed by atoms with Crippen molar-refractivity contribution < 1.29 is 18.4 Å². The second-order valence-electron chi connectivity index (χ2n) is 8.37. The number of aromatic nitrogens is 2. The highest BCUT2D eigenvalue weighted by Gasteiger charge is 2.31. The van der Waals surface area contributed by atoms with Crippen LogP contribution in [0.15, 0.2) is 71.7 Å². The summed E-state index contributed by atoms with van der Waals surface area (Å²) in [5.74, 6) is -2.27. The summed E-state index contributed by atoms with van der Waals surface area (Å²) in [6, 6.07) is 14.9. The summed E-state index contributed by atoms with van der Waals surface area (Å²) in [7, 11) is 0. The molecule has 1 saturated heterocycles. The first-order valence-corrected chi connectivity index (χ1v) is 11.5. The van der Waals surface area contributed by atoms with Crippen molar-refractivity contribution in [3.8, 4) is 0 Å². The van der Waals surface area contributed by atoms with Crippen molar-refractivity contribution >= 4 is 40.0 Å². The topological polar surface area (TPSA) is 75.5 Å². The predicted molar refractivity (Wildman–Crippen MR) is 131 cm³/mol. The molecule has 2 amide bonds. The summed E-state index contributed by atoms with van der Waals surface area (Å²) < 4.78 is 29.7. The van der Waals surface area contributed by atoms with E-state index in [1.165, 1.54) is 40.3 Å². The number of amides is 2. The van der Waals surface area contributed by atoms with Crippen LogP contribution in [0, 0.1) is 11.6 Å². The molecule has 2 heterocycles. The van der Waals surface area contributed by atoms with Crippen LogP contribution in [-0.2, 0) is 11.3 Å².